The van der Waals surface area contributed by atoms with E-state index < -0.39 is 8.07 Å². The highest BCUT2D eigenvalue weighted by Crippen LogP contribution is 2.39. The van der Waals surface area contributed by atoms with Crippen LogP contribution in [0.4, 0.5) is 5.69 Å². The molecule has 0 bridgehead atoms. The Hall–Kier alpha value is -0.763. The van der Waals surface area contributed by atoms with Gasteiger partial charge in [0.05, 0.1) is 0 Å². The fraction of sp³-hybridized carbons (Fsp3) is 0.600. The fourth-order valence-corrected chi connectivity index (χ4v) is 4.89. The Bertz CT molecular complexity index is 381. The highest BCUT2D eigenvalue weighted by atomic mass is 28.3. The van der Waals surface area contributed by atoms with Crippen molar-refractivity contribution in [2.75, 3.05) is 18.0 Å². The van der Waals surface area contributed by atoms with Crippen molar-refractivity contribution < 1.29 is 0 Å². The summed E-state index contributed by atoms with van der Waals surface area (Å²) in [4.78, 5) is 2.52. The maximum absolute atomic E-state index is 2.52. The van der Waals surface area contributed by atoms with Gasteiger partial charge in [-0.3, -0.25) is 0 Å². The lowest BCUT2D eigenvalue weighted by molar-refractivity contribution is 0.613. The van der Waals surface area contributed by atoms with Gasteiger partial charge in [-0.1, -0.05) is 43.9 Å². The van der Waals surface area contributed by atoms with E-state index in [-0.39, 0.29) is 0 Å². The maximum atomic E-state index is 2.52. The van der Waals surface area contributed by atoms with Gasteiger partial charge in [0.25, 0.3) is 0 Å². The van der Waals surface area contributed by atoms with Crippen molar-refractivity contribution in [1.82, 2.24) is 0 Å². The van der Waals surface area contributed by atoms with Crippen LogP contribution in [0.5, 0.6) is 0 Å². The summed E-state index contributed by atoms with van der Waals surface area (Å²) in [5, 5.41) is 0. The van der Waals surface area contributed by atoms with Gasteiger partial charge in [-0.15, -0.1) is 0 Å². The average Bonchev–Trinajstić information content (AvgIpc) is 2.28. The smallest absolute Gasteiger partial charge is 0.0448 e. The quantitative estimate of drug-likeness (QED) is 0.718. The van der Waals surface area contributed by atoms with Crippen molar-refractivity contribution in [2.45, 2.75) is 44.9 Å². The lowest BCUT2D eigenvalue weighted by Crippen LogP contribution is -2.33. The van der Waals surface area contributed by atoms with E-state index in [0.717, 1.165) is 12.5 Å². The van der Waals surface area contributed by atoms with E-state index >= 15 is 0 Å². The molecule has 1 atom stereocenters. The van der Waals surface area contributed by atoms with Gasteiger partial charge in [0.2, 0.25) is 0 Å². The summed E-state index contributed by atoms with van der Waals surface area (Å²) in [7, 11) is -0.964. The molecule has 2 rings (SSSR count). The van der Waals surface area contributed by atoms with Crippen LogP contribution in [0.3, 0.4) is 0 Å². The van der Waals surface area contributed by atoms with Gasteiger partial charge in [0.15, 0.2) is 0 Å². The van der Waals surface area contributed by atoms with Gasteiger partial charge in [-0.25, -0.2) is 0 Å². The molecule has 1 aromatic carbocycles. The molecule has 1 aliphatic rings. The number of fused-ring (bicyclic) bond motifs is 1. The maximum Gasteiger partial charge on any atom is 0.0448 e. The largest absolute Gasteiger partial charge is 0.372 e. The van der Waals surface area contributed by atoms with Crippen molar-refractivity contribution in [3.05, 3.63) is 29.8 Å². The second-order valence-electron chi connectivity index (χ2n) is 6.39. The van der Waals surface area contributed by atoms with Gasteiger partial charge in [0, 0.05) is 26.9 Å². The second-order valence-corrected chi connectivity index (χ2v) is 11.9. The van der Waals surface area contributed by atoms with E-state index in [1.54, 1.807) is 5.56 Å². The zero-order chi connectivity index (χ0) is 12.5. The summed E-state index contributed by atoms with van der Waals surface area (Å²) >= 11 is 0. The van der Waals surface area contributed by atoms with Crippen molar-refractivity contribution in [3.63, 3.8) is 0 Å². The van der Waals surface area contributed by atoms with Crippen molar-refractivity contribution in [2.24, 2.45) is 0 Å². The summed E-state index contributed by atoms with van der Waals surface area (Å²) in [5.74, 6) is 0.806. The first kappa shape index (κ1) is 12.7. The molecular formula is C15H25NSi. The second kappa shape index (κ2) is 4.85. The Labute approximate surface area is 107 Å². The van der Waals surface area contributed by atoms with Gasteiger partial charge in [-0.05, 0) is 30.9 Å². The van der Waals surface area contributed by atoms with Crippen LogP contribution in [-0.2, 0) is 0 Å². The van der Waals surface area contributed by atoms with Crippen LogP contribution in [0.1, 0.15) is 24.8 Å². The minimum atomic E-state index is -0.964. The fourth-order valence-electron chi connectivity index (χ4n) is 2.99. The van der Waals surface area contributed by atoms with Crippen LogP contribution in [0.15, 0.2) is 24.3 Å². The predicted octanol–water partition coefficient (Wildman–Crippen LogP) is 4.34. The molecule has 1 heterocycles. The number of para-hydroxylation sites is 1. The molecule has 0 aliphatic carbocycles. The van der Waals surface area contributed by atoms with Crippen LogP contribution in [0, 0.1) is 0 Å². The minimum Gasteiger partial charge on any atom is -0.372 e. The molecule has 1 aliphatic heterocycles. The summed E-state index contributed by atoms with van der Waals surface area (Å²) in [6.07, 6.45) is 1.34. The van der Waals surface area contributed by atoms with Crippen molar-refractivity contribution >= 4 is 13.8 Å². The molecule has 0 fully saturated rings. The van der Waals surface area contributed by atoms with E-state index in [1.165, 1.54) is 24.7 Å². The summed E-state index contributed by atoms with van der Waals surface area (Å²) in [5.41, 5.74) is 3.09. The third-order valence-electron chi connectivity index (χ3n) is 3.71. The van der Waals surface area contributed by atoms with Crippen LogP contribution in [0.25, 0.3) is 0 Å². The molecule has 0 spiro atoms. The van der Waals surface area contributed by atoms with Crippen LogP contribution in [0.2, 0.25) is 25.7 Å². The van der Waals surface area contributed by atoms with Crippen molar-refractivity contribution in [3.8, 4) is 0 Å². The van der Waals surface area contributed by atoms with E-state index in [1.807, 2.05) is 0 Å². The summed E-state index contributed by atoms with van der Waals surface area (Å²) in [6, 6.07) is 10.5. The molecule has 2 heteroatoms. The van der Waals surface area contributed by atoms with Crippen LogP contribution in [-0.4, -0.2) is 21.2 Å². The summed E-state index contributed by atoms with van der Waals surface area (Å²) in [6.45, 7) is 12.1. The highest BCUT2D eigenvalue weighted by Gasteiger charge is 2.28. The van der Waals surface area contributed by atoms with Crippen molar-refractivity contribution in [1.29, 1.82) is 0 Å². The molecule has 1 aromatic rings. The molecule has 0 aromatic heterocycles. The molecule has 1 nitrogen and oxygen atoms in total. The highest BCUT2D eigenvalue weighted by molar-refractivity contribution is 6.76. The SMILES string of the molecule is CCN1CCC(C[Si](C)(C)C)c2ccccc21. The van der Waals surface area contributed by atoms with E-state index in [9.17, 15) is 0 Å². The first-order valence-electron chi connectivity index (χ1n) is 6.85. The molecule has 0 saturated heterocycles. The first-order chi connectivity index (χ1) is 8.01. The number of hydrogen-bond donors (Lipinski definition) is 0. The molecule has 0 N–H and O–H groups in total. The van der Waals surface area contributed by atoms with E-state index in [4.69, 9.17) is 0 Å². The molecule has 0 saturated carbocycles. The van der Waals surface area contributed by atoms with Crippen LogP contribution < -0.4 is 4.90 Å². The number of benzene rings is 1. The molecule has 17 heavy (non-hydrogen) atoms. The minimum absolute atomic E-state index is 0.806. The topological polar surface area (TPSA) is 3.24 Å². The third-order valence-corrected chi connectivity index (χ3v) is 5.42. The van der Waals surface area contributed by atoms with E-state index in [0.29, 0.717) is 0 Å². The standard InChI is InChI=1S/C15H25NSi/c1-5-16-11-10-13(12-17(2,3)4)14-8-6-7-9-15(14)16/h6-9,13H,5,10-12H2,1-4H3. The number of nitrogens with zero attached hydrogens (tertiary/aromatic N) is 1. The Morgan fingerprint density at radius 1 is 1.24 bits per heavy atom. The number of rotatable bonds is 3. The Kier molecular flexibility index (Phi) is 3.62. The lowest BCUT2D eigenvalue weighted by atomic mass is 9.91. The number of hydrogen-bond acceptors (Lipinski definition) is 1. The Morgan fingerprint density at radius 3 is 2.59 bits per heavy atom. The summed E-state index contributed by atoms with van der Waals surface area (Å²) < 4.78 is 0. The third kappa shape index (κ3) is 2.92. The lowest BCUT2D eigenvalue weighted by Gasteiger charge is -2.37. The predicted molar refractivity (Wildman–Crippen MR) is 79.8 cm³/mol. The Balaban J connectivity index is 2.28. The molecule has 94 valence electrons. The van der Waals surface area contributed by atoms with Gasteiger partial charge < -0.3 is 4.90 Å². The Morgan fingerprint density at radius 2 is 1.94 bits per heavy atom. The normalized spacial score (nSPS) is 20.2. The van der Waals surface area contributed by atoms with Crippen LogP contribution >= 0.6 is 0 Å². The zero-order valence-corrected chi connectivity index (χ0v) is 12.7. The molecule has 0 amide bonds. The molecule has 1 unspecified atom stereocenters. The van der Waals surface area contributed by atoms with E-state index in [2.05, 4.69) is 55.7 Å². The van der Waals surface area contributed by atoms with Gasteiger partial charge in [-0.2, -0.15) is 0 Å². The first-order valence-corrected chi connectivity index (χ1v) is 10.6. The van der Waals surface area contributed by atoms with Gasteiger partial charge in [0.1, 0.15) is 0 Å². The zero-order valence-electron chi connectivity index (χ0n) is 11.7. The monoisotopic (exact) mass is 247 g/mol. The van der Waals surface area contributed by atoms with Gasteiger partial charge >= 0.3 is 0 Å². The number of anilines is 1. The molecule has 0 radical (unpaired) electrons. The average molecular weight is 247 g/mol. The molecular weight excluding hydrogens is 222 g/mol.